The zero-order chi connectivity index (χ0) is 23.0. The molecular formula is C27H26N4O2. The summed E-state index contributed by atoms with van der Waals surface area (Å²) < 4.78 is 9.64. The van der Waals surface area contributed by atoms with E-state index in [0.29, 0.717) is 24.6 Å². The largest absolute Gasteiger partial charge is 0.492 e. The van der Waals surface area contributed by atoms with Gasteiger partial charge in [0.25, 0.3) is 5.56 Å². The monoisotopic (exact) mass is 438 g/mol. The summed E-state index contributed by atoms with van der Waals surface area (Å²) in [6.45, 7) is 7.56. The Hall–Kier alpha value is -3.93. The van der Waals surface area contributed by atoms with Gasteiger partial charge in [-0.05, 0) is 35.2 Å². The van der Waals surface area contributed by atoms with E-state index in [4.69, 9.17) is 4.74 Å². The lowest BCUT2D eigenvalue weighted by Crippen LogP contribution is -2.19. The van der Waals surface area contributed by atoms with Gasteiger partial charge in [-0.25, -0.2) is 4.40 Å². The van der Waals surface area contributed by atoms with Crippen LogP contribution in [0.3, 0.4) is 0 Å². The summed E-state index contributed by atoms with van der Waals surface area (Å²) in [5.41, 5.74) is 4.00. The van der Waals surface area contributed by atoms with Crippen LogP contribution < -0.4 is 10.3 Å². The Kier molecular flexibility index (Phi) is 5.21. The van der Waals surface area contributed by atoms with Crippen LogP contribution in [0.1, 0.15) is 26.3 Å². The quantitative estimate of drug-likeness (QED) is 0.384. The van der Waals surface area contributed by atoms with Gasteiger partial charge in [0, 0.05) is 5.56 Å². The summed E-state index contributed by atoms with van der Waals surface area (Å²) in [7, 11) is 0. The van der Waals surface area contributed by atoms with E-state index in [1.807, 2.05) is 71.3 Å². The molecule has 0 aliphatic heterocycles. The van der Waals surface area contributed by atoms with Gasteiger partial charge in [0.1, 0.15) is 12.4 Å². The van der Waals surface area contributed by atoms with E-state index < -0.39 is 0 Å². The molecule has 166 valence electrons. The zero-order valence-electron chi connectivity index (χ0n) is 19.0. The Morgan fingerprint density at radius 3 is 2.18 bits per heavy atom. The Morgan fingerprint density at radius 2 is 1.48 bits per heavy atom. The normalized spacial score (nSPS) is 11.8. The fourth-order valence-electron chi connectivity index (χ4n) is 4.06. The van der Waals surface area contributed by atoms with Gasteiger partial charge in [0.2, 0.25) is 5.78 Å². The molecule has 0 atom stereocenters. The summed E-state index contributed by atoms with van der Waals surface area (Å²) >= 11 is 0. The topological polar surface area (TPSA) is 61.4 Å². The predicted molar refractivity (Wildman–Crippen MR) is 131 cm³/mol. The van der Waals surface area contributed by atoms with Crippen molar-refractivity contribution >= 4 is 16.8 Å². The SMILES string of the molecule is CC(C)(C)c1ccc(OCCn2c3ccccc3n3c(=O)c(-c4ccccc4)nnc23)cc1. The van der Waals surface area contributed by atoms with Gasteiger partial charge >= 0.3 is 0 Å². The summed E-state index contributed by atoms with van der Waals surface area (Å²) in [4.78, 5) is 13.4. The van der Waals surface area contributed by atoms with Crippen LogP contribution in [0, 0.1) is 0 Å². The Labute approximate surface area is 192 Å². The first kappa shape index (κ1) is 20.9. The van der Waals surface area contributed by atoms with Crippen LogP contribution in [0.15, 0.2) is 83.7 Å². The molecular weight excluding hydrogens is 412 g/mol. The van der Waals surface area contributed by atoms with Crippen molar-refractivity contribution in [3.63, 3.8) is 0 Å². The number of rotatable bonds is 5. The van der Waals surface area contributed by atoms with Crippen LogP contribution in [0.4, 0.5) is 0 Å². The third-order valence-electron chi connectivity index (χ3n) is 5.85. The van der Waals surface area contributed by atoms with Crippen LogP contribution in [-0.4, -0.2) is 25.8 Å². The molecule has 0 saturated carbocycles. The predicted octanol–water partition coefficient (Wildman–Crippen LogP) is 5.09. The van der Waals surface area contributed by atoms with Crippen molar-refractivity contribution in [2.24, 2.45) is 0 Å². The van der Waals surface area contributed by atoms with Gasteiger partial charge in [-0.3, -0.25) is 4.79 Å². The molecule has 0 aliphatic carbocycles. The average molecular weight is 439 g/mol. The van der Waals surface area contributed by atoms with Crippen molar-refractivity contribution in [1.82, 2.24) is 19.2 Å². The minimum atomic E-state index is -0.181. The Balaban J connectivity index is 1.48. The third-order valence-corrected chi connectivity index (χ3v) is 5.85. The van der Waals surface area contributed by atoms with Gasteiger partial charge in [-0.1, -0.05) is 75.4 Å². The first-order valence-corrected chi connectivity index (χ1v) is 11.1. The number of ether oxygens (including phenoxy) is 1. The molecule has 2 aromatic heterocycles. The molecule has 0 saturated heterocycles. The van der Waals surface area contributed by atoms with E-state index in [1.165, 1.54) is 5.56 Å². The van der Waals surface area contributed by atoms with Crippen LogP contribution in [0.25, 0.3) is 28.1 Å². The van der Waals surface area contributed by atoms with E-state index in [-0.39, 0.29) is 11.0 Å². The van der Waals surface area contributed by atoms with Crippen LogP contribution >= 0.6 is 0 Å². The summed E-state index contributed by atoms with van der Waals surface area (Å²) in [5.74, 6) is 1.32. The Bertz CT molecular complexity index is 1480. The lowest BCUT2D eigenvalue weighted by atomic mass is 9.87. The number of imidazole rings is 1. The number of nitrogens with zero attached hydrogens (tertiary/aromatic N) is 4. The van der Waals surface area contributed by atoms with Crippen molar-refractivity contribution < 1.29 is 4.74 Å². The molecule has 2 heterocycles. The second kappa shape index (κ2) is 8.20. The van der Waals surface area contributed by atoms with Crippen molar-refractivity contribution in [3.05, 3.63) is 94.8 Å². The highest BCUT2D eigenvalue weighted by Gasteiger charge is 2.17. The maximum absolute atomic E-state index is 13.4. The Morgan fingerprint density at radius 1 is 0.818 bits per heavy atom. The number of aromatic nitrogens is 4. The van der Waals surface area contributed by atoms with Crippen LogP contribution in [0.2, 0.25) is 0 Å². The number of hydrogen-bond acceptors (Lipinski definition) is 4. The van der Waals surface area contributed by atoms with Gasteiger partial charge in [0.15, 0.2) is 5.69 Å². The summed E-state index contributed by atoms with van der Waals surface area (Å²) in [5, 5.41) is 8.73. The molecule has 0 amide bonds. The molecule has 0 aliphatic rings. The minimum Gasteiger partial charge on any atom is -0.492 e. The molecule has 0 radical (unpaired) electrons. The number of benzene rings is 3. The maximum Gasteiger partial charge on any atom is 0.286 e. The molecule has 0 bridgehead atoms. The van der Waals surface area contributed by atoms with Gasteiger partial charge < -0.3 is 9.30 Å². The lowest BCUT2D eigenvalue weighted by molar-refractivity contribution is 0.301. The molecule has 6 heteroatoms. The molecule has 6 nitrogen and oxygen atoms in total. The van der Waals surface area contributed by atoms with Crippen molar-refractivity contribution in [1.29, 1.82) is 0 Å². The first-order valence-electron chi connectivity index (χ1n) is 11.1. The molecule has 0 spiro atoms. The average Bonchev–Trinajstić information content (AvgIpc) is 3.14. The molecule has 5 rings (SSSR count). The van der Waals surface area contributed by atoms with E-state index >= 15 is 0 Å². The van der Waals surface area contributed by atoms with E-state index in [1.54, 1.807) is 4.40 Å². The highest BCUT2D eigenvalue weighted by atomic mass is 16.5. The van der Waals surface area contributed by atoms with Crippen molar-refractivity contribution in [3.8, 4) is 17.0 Å². The summed E-state index contributed by atoms with van der Waals surface area (Å²) in [6, 6.07) is 25.5. The number of para-hydroxylation sites is 2. The molecule has 3 aromatic carbocycles. The van der Waals surface area contributed by atoms with E-state index in [0.717, 1.165) is 22.3 Å². The van der Waals surface area contributed by atoms with Crippen LogP contribution in [-0.2, 0) is 12.0 Å². The minimum absolute atomic E-state index is 0.103. The molecule has 33 heavy (non-hydrogen) atoms. The molecule has 0 unspecified atom stereocenters. The molecule has 5 aromatic rings. The van der Waals surface area contributed by atoms with Crippen LogP contribution in [0.5, 0.6) is 5.75 Å². The lowest BCUT2D eigenvalue weighted by Gasteiger charge is -2.19. The van der Waals surface area contributed by atoms with Gasteiger partial charge in [-0.15, -0.1) is 10.2 Å². The highest BCUT2D eigenvalue weighted by Crippen LogP contribution is 2.25. The number of hydrogen-bond donors (Lipinski definition) is 0. The highest BCUT2D eigenvalue weighted by molar-refractivity contribution is 5.81. The standard InChI is InChI=1S/C27H26N4O2/c1-27(2,3)20-13-15-21(16-14-20)33-18-17-30-22-11-7-8-12-23(22)31-25(32)24(28-29-26(30)31)19-9-5-4-6-10-19/h4-16H,17-18H2,1-3H3. The van der Waals surface area contributed by atoms with Gasteiger partial charge in [0.05, 0.1) is 17.6 Å². The third kappa shape index (κ3) is 3.89. The van der Waals surface area contributed by atoms with E-state index in [9.17, 15) is 4.79 Å². The second-order valence-corrected chi connectivity index (χ2v) is 9.12. The first-order chi connectivity index (χ1) is 15.9. The number of fused-ring (bicyclic) bond motifs is 3. The van der Waals surface area contributed by atoms with Crippen molar-refractivity contribution in [2.45, 2.75) is 32.7 Å². The van der Waals surface area contributed by atoms with Gasteiger partial charge in [-0.2, -0.15) is 0 Å². The maximum atomic E-state index is 13.4. The molecule has 0 N–H and O–H groups in total. The van der Waals surface area contributed by atoms with Crippen molar-refractivity contribution in [2.75, 3.05) is 6.61 Å². The second-order valence-electron chi connectivity index (χ2n) is 9.12. The summed E-state index contributed by atoms with van der Waals surface area (Å²) in [6.07, 6.45) is 0. The zero-order valence-corrected chi connectivity index (χ0v) is 19.0. The van der Waals surface area contributed by atoms with E-state index in [2.05, 4.69) is 43.1 Å². The fraction of sp³-hybridized carbons (Fsp3) is 0.222. The smallest absolute Gasteiger partial charge is 0.286 e. The fourth-order valence-corrected chi connectivity index (χ4v) is 4.06. The molecule has 0 fully saturated rings.